The molecule has 0 bridgehead atoms. The highest BCUT2D eigenvalue weighted by molar-refractivity contribution is 5.78. The molecule has 0 saturated heterocycles. The average Bonchev–Trinajstić information content (AvgIpc) is 2.77. The fraction of sp³-hybridized carbons (Fsp3) is 0.923. The van der Waals surface area contributed by atoms with Crippen LogP contribution in [-0.4, -0.2) is 29.8 Å². The molecule has 0 radical (unpaired) electrons. The molecule has 17 heavy (non-hydrogen) atoms. The van der Waals surface area contributed by atoms with Crippen molar-refractivity contribution in [3.05, 3.63) is 0 Å². The summed E-state index contributed by atoms with van der Waals surface area (Å²) < 4.78 is 0. The van der Waals surface area contributed by atoms with Crippen LogP contribution in [0.5, 0.6) is 0 Å². The standard InChI is InChI=1S/C13H25N3O/c14-13(15-11-6-2-1-3-7-11)16-12-8-4-5-10(12)9-17/h10-12,17H,1-9H2,(H3,14,15,16). The first-order valence-corrected chi connectivity index (χ1v) is 7.00. The average molecular weight is 239 g/mol. The number of aliphatic hydroxyl groups excluding tert-OH is 1. The van der Waals surface area contributed by atoms with Crippen LogP contribution in [0, 0.1) is 5.92 Å². The first-order valence-electron chi connectivity index (χ1n) is 7.00. The van der Waals surface area contributed by atoms with Gasteiger partial charge in [0.2, 0.25) is 0 Å². The van der Waals surface area contributed by atoms with E-state index in [0.29, 0.717) is 17.9 Å². The fourth-order valence-electron chi connectivity index (χ4n) is 3.07. The molecule has 0 heterocycles. The van der Waals surface area contributed by atoms with E-state index >= 15 is 0 Å². The molecule has 2 rings (SSSR count). The predicted octanol–water partition coefficient (Wildman–Crippen LogP) is 1.38. The predicted molar refractivity (Wildman–Crippen MR) is 69.8 cm³/mol. The number of guanidine groups is 1. The Morgan fingerprint density at radius 3 is 2.59 bits per heavy atom. The lowest BCUT2D eigenvalue weighted by Crippen LogP contribution is -2.42. The third-order valence-electron chi connectivity index (χ3n) is 4.12. The van der Waals surface area contributed by atoms with E-state index in [4.69, 9.17) is 5.73 Å². The van der Waals surface area contributed by atoms with Crippen molar-refractivity contribution in [3.63, 3.8) is 0 Å². The van der Waals surface area contributed by atoms with Gasteiger partial charge in [-0.05, 0) is 25.7 Å². The van der Waals surface area contributed by atoms with Crippen LogP contribution in [0.2, 0.25) is 0 Å². The van der Waals surface area contributed by atoms with Crippen molar-refractivity contribution in [1.29, 1.82) is 0 Å². The molecule has 98 valence electrons. The Hall–Kier alpha value is -0.770. The molecular weight excluding hydrogens is 214 g/mol. The molecule has 4 heteroatoms. The highest BCUT2D eigenvalue weighted by Gasteiger charge is 2.26. The summed E-state index contributed by atoms with van der Waals surface area (Å²) in [6, 6.07) is 0.748. The normalized spacial score (nSPS) is 31.7. The van der Waals surface area contributed by atoms with E-state index in [0.717, 1.165) is 19.3 Å². The van der Waals surface area contributed by atoms with Gasteiger partial charge in [-0.2, -0.15) is 0 Å². The van der Waals surface area contributed by atoms with Crippen LogP contribution in [0.15, 0.2) is 4.99 Å². The third-order valence-corrected chi connectivity index (χ3v) is 4.12. The second kappa shape index (κ2) is 6.24. The van der Waals surface area contributed by atoms with E-state index in [1.54, 1.807) is 0 Å². The minimum atomic E-state index is 0.232. The van der Waals surface area contributed by atoms with E-state index in [2.05, 4.69) is 10.3 Å². The van der Waals surface area contributed by atoms with Crippen LogP contribution < -0.4 is 11.1 Å². The van der Waals surface area contributed by atoms with Crippen molar-refractivity contribution in [2.75, 3.05) is 6.61 Å². The van der Waals surface area contributed by atoms with Crippen molar-refractivity contribution in [1.82, 2.24) is 5.32 Å². The summed E-state index contributed by atoms with van der Waals surface area (Å²) in [4.78, 5) is 4.55. The summed E-state index contributed by atoms with van der Waals surface area (Å²) in [6.45, 7) is 0.241. The Balaban J connectivity index is 1.83. The number of nitrogens with two attached hydrogens (primary N) is 1. The Morgan fingerprint density at radius 2 is 1.88 bits per heavy atom. The van der Waals surface area contributed by atoms with Gasteiger partial charge in [0.15, 0.2) is 5.96 Å². The van der Waals surface area contributed by atoms with Crippen LogP contribution >= 0.6 is 0 Å². The summed E-state index contributed by atoms with van der Waals surface area (Å²) in [5.74, 6) is 0.906. The summed E-state index contributed by atoms with van der Waals surface area (Å²) in [7, 11) is 0. The SMILES string of the molecule is NC(=NC1CCCC1CO)NC1CCCCC1. The number of aliphatic hydroxyl groups is 1. The maximum absolute atomic E-state index is 9.24. The molecule has 2 aliphatic rings. The first kappa shape index (κ1) is 12.7. The smallest absolute Gasteiger partial charge is 0.189 e. The molecule has 0 aromatic heterocycles. The van der Waals surface area contributed by atoms with Gasteiger partial charge in [0.05, 0.1) is 6.04 Å². The Morgan fingerprint density at radius 1 is 1.12 bits per heavy atom. The quantitative estimate of drug-likeness (QED) is 0.515. The Kier molecular flexibility index (Phi) is 4.66. The van der Waals surface area contributed by atoms with Crippen LogP contribution in [0.25, 0.3) is 0 Å². The monoisotopic (exact) mass is 239 g/mol. The molecule has 2 saturated carbocycles. The van der Waals surface area contributed by atoms with Crippen LogP contribution in [0.1, 0.15) is 51.4 Å². The number of hydrogen-bond donors (Lipinski definition) is 3. The molecule has 0 spiro atoms. The zero-order valence-corrected chi connectivity index (χ0v) is 10.6. The maximum atomic E-state index is 9.24. The van der Waals surface area contributed by atoms with Crippen LogP contribution in [0.4, 0.5) is 0 Å². The van der Waals surface area contributed by atoms with Gasteiger partial charge >= 0.3 is 0 Å². The largest absolute Gasteiger partial charge is 0.396 e. The molecule has 2 unspecified atom stereocenters. The van der Waals surface area contributed by atoms with E-state index < -0.39 is 0 Å². The van der Waals surface area contributed by atoms with Crippen molar-refractivity contribution in [2.45, 2.75) is 63.5 Å². The summed E-state index contributed by atoms with van der Waals surface area (Å²) in [6.07, 6.45) is 9.69. The molecule has 4 N–H and O–H groups in total. The minimum absolute atomic E-state index is 0.232. The second-order valence-electron chi connectivity index (χ2n) is 5.43. The maximum Gasteiger partial charge on any atom is 0.189 e. The highest BCUT2D eigenvalue weighted by Crippen LogP contribution is 2.27. The van der Waals surface area contributed by atoms with Crippen molar-refractivity contribution in [3.8, 4) is 0 Å². The van der Waals surface area contributed by atoms with E-state index in [1.807, 2.05) is 0 Å². The van der Waals surface area contributed by atoms with Gasteiger partial charge in [-0.1, -0.05) is 25.7 Å². The molecule has 0 amide bonds. The Bertz CT molecular complexity index is 261. The summed E-state index contributed by atoms with van der Waals surface area (Å²) in [5.41, 5.74) is 5.96. The van der Waals surface area contributed by atoms with Crippen molar-refractivity contribution < 1.29 is 5.11 Å². The van der Waals surface area contributed by atoms with Gasteiger partial charge < -0.3 is 16.2 Å². The topological polar surface area (TPSA) is 70.6 Å². The lowest BCUT2D eigenvalue weighted by atomic mass is 9.96. The van der Waals surface area contributed by atoms with Gasteiger partial charge in [-0.3, -0.25) is 0 Å². The fourth-order valence-corrected chi connectivity index (χ4v) is 3.07. The lowest BCUT2D eigenvalue weighted by Gasteiger charge is -2.24. The van der Waals surface area contributed by atoms with E-state index in [-0.39, 0.29) is 12.6 Å². The van der Waals surface area contributed by atoms with Crippen molar-refractivity contribution in [2.24, 2.45) is 16.6 Å². The summed E-state index contributed by atoms with van der Waals surface area (Å²) in [5, 5.41) is 12.6. The van der Waals surface area contributed by atoms with E-state index in [9.17, 15) is 5.11 Å². The zero-order chi connectivity index (χ0) is 12.1. The minimum Gasteiger partial charge on any atom is -0.396 e. The van der Waals surface area contributed by atoms with Crippen LogP contribution in [0.3, 0.4) is 0 Å². The van der Waals surface area contributed by atoms with Gasteiger partial charge in [-0.25, -0.2) is 4.99 Å². The second-order valence-corrected chi connectivity index (χ2v) is 5.43. The van der Waals surface area contributed by atoms with Crippen LogP contribution in [-0.2, 0) is 0 Å². The molecule has 2 aliphatic carbocycles. The molecule has 0 aliphatic heterocycles. The van der Waals surface area contributed by atoms with Gasteiger partial charge in [0.1, 0.15) is 0 Å². The van der Waals surface area contributed by atoms with Gasteiger partial charge in [0.25, 0.3) is 0 Å². The van der Waals surface area contributed by atoms with E-state index in [1.165, 1.54) is 32.1 Å². The summed E-state index contributed by atoms with van der Waals surface area (Å²) >= 11 is 0. The third kappa shape index (κ3) is 3.60. The lowest BCUT2D eigenvalue weighted by molar-refractivity contribution is 0.218. The molecular formula is C13H25N3O. The Labute approximate surface area is 104 Å². The first-order chi connectivity index (χ1) is 8.29. The number of aliphatic imine (C=N–C) groups is 1. The number of hydrogen-bond acceptors (Lipinski definition) is 2. The molecule has 0 aromatic rings. The highest BCUT2D eigenvalue weighted by atomic mass is 16.3. The van der Waals surface area contributed by atoms with Gasteiger partial charge in [0, 0.05) is 18.6 Å². The molecule has 4 nitrogen and oxygen atoms in total. The van der Waals surface area contributed by atoms with Gasteiger partial charge in [-0.15, -0.1) is 0 Å². The number of nitrogens with one attached hydrogen (secondary N) is 1. The number of rotatable bonds is 3. The molecule has 0 aromatic carbocycles. The van der Waals surface area contributed by atoms with Crippen molar-refractivity contribution >= 4 is 5.96 Å². The zero-order valence-electron chi connectivity index (χ0n) is 10.6. The molecule has 2 fully saturated rings. The molecule has 2 atom stereocenters. The number of nitrogens with zero attached hydrogens (tertiary/aromatic N) is 1.